The Bertz CT molecular complexity index is 582. The number of ether oxygens (including phenoxy) is 1. The van der Waals surface area contributed by atoms with Gasteiger partial charge in [-0.25, -0.2) is 0 Å². The highest BCUT2D eigenvalue weighted by Crippen LogP contribution is 2.13. The van der Waals surface area contributed by atoms with Crippen molar-refractivity contribution in [3.05, 3.63) is 65.7 Å². The first-order valence-electron chi connectivity index (χ1n) is 7.43. The average Bonchev–Trinajstić information content (AvgIpc) is 2.54. The van der Waals surface area contributed by atoms with Crippen LogP contribution in [-0.4, -0.2) is 18.6 Å². The number of primary amides is 1. The van der Waals surface area contributed by atoms with Gasteiger partial charge in [-0.1, -0.05) is 42.5 Å². The van der Waals surface area contributed by atoms with Crippen molar-refractivity contribution < 1.29 is 9.53 Å². The van der Waals surface area contributed by atoms with Crippen molar-refractivity contribution in [2.75, 3.05) is 6.61 Å². The number of carbonyl (C=O) groups is 1. The first-order valence-corrected chi connectivity index (χ1v) is 7.43. The van der Waals surface area contributed by atoms with Crippen molar-refractivity contribution in [2.24, 2.45) is 5.73 Å². The van der Waals surface area contributed by atoms with Crippen LogP contribution in [0.5, 0.6) is 5.75 Å². The molecule has 2 rings (SSSR count). The van der Waals surface area contributed by atoms with Crippen molar-refractivity contribution in [2.45, 2.75) is 25.9 Å². The van der Waals surface area contributed by atoms with Crippen molar-refractivity contribution in [3.63, 3.8) is 0 Å². The smallest absolute Gasteiger partial charge is 0.234 e. The molecular weight excluding hydrogens is 276 g/mol. The Morgan fingerprint density at radius 2 is 1.77 bits per heavy atom. The summed E-state index contributed by atoms with van der Waals surface area (Å²) < 4.78 is 5.73. The van der Waals surface area contributed by atoms with Gasteiger partial charge in [-0.05, 0) is 30.2 Å². The third-order valence-electron chi connectivity index (χ3n) is 3.46. The van der Waals surface area contributed by atoms with Crippen LogP contribution in [0, 0.1) is 0 Å². The van der Waals surface area contributed by atoms with Crippen molar-refractivity contribution in [1.82, 2.24) is 5.32 Å². The minimum Gasteiger partial charge on any atom is -0.493 e. The number of hydrogen-bond donors (Lipinski definition) is 2. The lowest BCUT2D eigenvalue weighted by molar-refractivity contribution is -0.119. The van der Waals surface area contributed by atoms with E-state index in [9.17, 15) is 4.79 Å². The Hall–Kier alpha value is -2.33. The maximum absolute atomic E-state index is 10.9. The quantitative estimate of drug-likeness (QED) is 0.786. The largest absolute Gasteiger partial charge is 0.493 e. The number of rotatable bonds is 8. The van der Waals surface area contributed by atoms with E-state index in [0.717, 1.165) is 17.7 Å². The molecule has 0 spiro atoms. The molecule has 2 aromatic carbocycles. The van der Waals surface area contributed by atoms with Gasteiger partial charge in [0.1, 0.15) is 5.75 Å². The zero-order chi connectivity index (χ0) is 15.8. The second-order valence-corrected chi connectivity index (χ2v) is 5.23. The van der Waals surface area contributed by atoms with E-state index in [1.165, 1.54) is 5.56 Å². The summed E-state index contributed by atoms with van der Waals surface area (Å²) in [5, 5.41) is 3.07. The highest BCUT2D eigenvalue weighted by atomic mass is 16.5. The molecule has 0 saturated carbocycles. The van der Waals surface area contributed by atoms with E-state index in [-0.39, 0.29) is 11.9 Å². The van der Waals surface area contributed by atoms with E-state index in [4.69, 9.17) is 10.5 Å². The number of nitrogens with two attached hydrogens (primary N) is 1. The highest BCUT2D eigenvalue weighted by Gasteiger charge is 2.06. The minimum atomic E-state index is -0.346. The third kappa shape index (κ3) is 5.22. The summed E-state index contributed by atoms with van der Waals surface area (Å²) in [7, 11) is 0. The summed E-state index contributed by atoms with van der Waals surface area (Å²) in [5.41, 5.74) is 7.56. The van der Waals surface area contributed by atoms with Crippen LogP contribution in [0.2, 0.25) is 0 Å². The van der Waals surface area contributed by atoms with Gasteiger partial charge in [-0.15, -0.1) is 0 Å². The summed E-state index contributed by atoms with van der Waals surface area (Å²) in [6.45, 7) is 3.01. The second kappa shape index (κ2) is 8.20. The molecule has 0 aliphatic rings. The van der Waals surface area contributed by atoms with Crippen LogP contribution < -0.4 is 15.8 Å². The maximum Gasteiger partial charge on any atom is 0.234 e. The fraction of sp³-hybridized carbons (Fsp3) is 0.278. The van der Waals surface area contributed by atoms with E-state index in [1.54, 1.807) is 6.92 Å². The summed E-state index contributed by atoms with van der Waals surface area (Å²) in [4.78, 5) is 10.9. The summed E-state index contributed by atoms with van der Waals surface area (Å²) in [5.74, 6) is 0.503. The third-order valence-corrected chi connectivity index (χ3v) is 3.46. The predicted octanol–water partition coefficient (Wildman–Crippen LogP) is 2.27. The number of nitrogens with one attached hydrogen (secondary N) is 1. The summed E-state index contributed by atoms with van der Waals surface area (Å²) in [6.07, 6.45) is 0.889. The lowest BCUT2D eigenvalue weighted by atomic mass is 10.2. The van der Waals surface area contributed by atoms with Crippen molar-refractivity contribution in [3.8, 4) is 5.75 Å². The van der Waals surface area contributed by atoms with E-state index in [2.05, 4.69) is 17.4 Å². The molecule has 4 nitrogen and oxygen atoms in total. The number of carbonyl (C=O) groups excluding carboxylic acids is 1. The second-order valence-electron chi connectivity index (χ2n) is 5.23. The maximum atomic E-state index is 10.9. The molecule has 1 unspecified atom stereocenters. The van der Waals surface area contributed by atoms with Gasteiger partial charge in [0.15, 0.2) is 0 Å². The van der Waals surface area contributed by atoms with Crippen LogP contribution in [0.4, 0.5) is 0 Å². The molecule has 3 N–H and O–H groups in total. The molecule has 1 atom stereocenters. The van der Waals surface area contributed by atoms with Crippen molar-refractivity contribution >= 4 is 5.91 Å². The fourth-order valence-corrected chi connectivity index (χ4v) is 2.01. The van der Waals surface area contributed by atoms with Crippen LogP contribution in [0.1, 0.15) is 18.1 Å². The molecular formula is C18H22N2O2. The molecule has 1 amide bonds. The minimum absolute atomic E-state index is 0.332. The predicted molar refractivity (Wildman–Crippen MR) is 87.6 cm³/mol. The Morgan fingerprint density at radius 3 is 2.41 bits per heavy atom. The zero-order valence-electron chi connectivity index (χ0n) is 12.8. The zero-order valence-corrected chi connectivity index (χ0v) is 12.8. The first-order chi connectivity index (χ1) is 10.6. The topological polar surface area (TPSA) is 64.3 Å². The molecule has 4 heteroatoms. The molecule has 0 radical (unpaired) electrons. The van der Waals surface area contributed by atoms with Gasteiger partial charge in [-0.3, -0.25) is 4.79 Å². The molecule has 0 aromatic heterocycles. The molecule has 0 bridgehead atoms. The molecule has 0 saturated heterocycles. The number of amides is 1. The van der Waals surface area contributed by atoms with E-state index < -0.39 is 0 Å². The molecule has 0 aliphatic heterocycles. The Kier molecular flexibility index (Phi) is 5.98. The van der Waals surface area contributed by atoms with Gasteiger partial charge in [-0.2, -0.15) is 0 Å². The van der Waals surface area contributed by atoms with Crippen LogP contribution in [0.15, 0.2) is 54.6 Å². The van der Waals surface area contributed by atoms with Gasteiger partial charge in [0.2, 0.25) is 5.91 Å². The van der Waals surface area contributed by atoms with E-state index >= 15 is 0 Å². The molecule has 116 valence electrons. The van der Waals surface area contributed by atoms with Crippen molar-refractivity contribution in [1.29, 1.82) is 0 Å². The van der Waals surface area contributed by atoms with E-state index in [1.807, 2.05) is 42.5 Å². The van der Waals surface area contributed by atoms with Gasteiger partial charge < -0.3 is 15.8 Å². The van der Waals surface area contributed by atoms with Crippen LogP contribution in [0.25, 0.3) is 0 Å². The number of hydrogen-bond acceptors (Lipinski definition) is 3. The lowest BCUT2D eigenvalue weighted by Crippen LogP contribution is -2.38. The summed E-state index contributed by atoms with van der Waals surface area (Å²) in [6, 6.07) is 17.8. The Balaban J connectivity index is 1.76. The van der Waals surface area contributed by atoms with Gasteiger partial charge in [0.05, 0.1) is 12.6 Å². The van der Waals surface area contributed by atoms with Crippen LogP contribution in [0.3, 0.4) is 0 Å². The Labute approximate surface area is 131 Å². The number of benzene rings is 2. The van der Waals surface area contributed by atoms with Gasteiger partial charge >= 0.3 is 0 Å². The lowest BCUT2D eigenvalue weighted by Gasteiger charge is -2.11. The summed E-state index contributed by atoms with van der Waals surface area (Å²) >= 11 is 0. The molecule has 0 aliphatic carbocycles. The standard InChI is InChI=1S/C18H22N2O2/c1-14(18(19)21)20-13-16-7-9-17(10-8-16)22-12-11-15-5-3-2-4-6-15/h2-10,14,20H,11-13H2,1H3,(H2,19,21). The SMILES string of the molecule is CC(NCc1ccc(OCCc2ccccc2)cc1)C(N)=O. The average molecular weight is 298 g/mol. The van der Waals surface area contributed by atoms with E-state index in [0.29, 0.717) is 13.2 Å². The van der Waals surface area contributed by atoms with Crippen LogP contribution >= 0.6 is 0 Å². The highest BCUT2D eigenvalue weighted by molar-refractivity contribution is 5.79. The molecule has 2 aromatic rings. The molecule has 22 heavy (non-hydrogen) atoms. The van der Waals surface area contributed by atoms with Gasteiger partial charge in [0, 0.05) is 13.0 Å². The molecule has 0 heterocycles. The normalized spacial score (nSPS) is 11.9. The molecule has 0 fully saturated rings. The van der Waals surface area contributed by atoms with Crippen LogP contribution in [-0.2, 0) is 17.8 Å². The first kappa shape index (κ1) is 16.0. The fourth-order valence-electron chi connectivity index (χ4n) is 2.01. The Morgan fingerprint density at radius 1 is 1.09 bits per heavy atom. The monoisotopic (exact) mass is 298 g/mol. The van der Waals surface area contributed by atoms with Gasteiger partial charge in [0.25, 0.3) is 0 Å².